The molecule has 1 aromatic heterocycles. The summed E-state index contributed by atoms with van der Waals surface area (Å²) >= 11 is 6.30. The van der Waals surface area contributed by atoms with Crippen LogP contribution in [0.2, 0.25) is 5.02 Å². The number of nitrogens with zero attached hydrogens (tertiary/aromatic N) is 4. The molecule has 3 aliphatic rings. The first-order chi connectivity index (χ1) is 19.1. The van der Waals surface area contributed by atoms with Crippen molar-refractivity contribution in [3.8, 4) is 0 Å². The van der Waals surface area contributed by atoms with Gasteiger partial charge in [-0.1, -0.05) is 32.4 Å². The van der Waals surface area contributed by atoms with E-state index in [2.05, 4.69) is 41.4 Å². The van der Waals surface area contributed by atoms with Gasteiger partial charge >= 0.3 is 0 Å². The Hall–Kier alpha value is -2.58. The molecule has 2 amide bonds. The van der Waals surface area contributed by atoms with Gasteiger partial charge in [0.1, 0.15) is 5.82 Å². The Bertz CT molecular complexity index is 1200. The van der Waals surface area contributed by atoms with Crippen LogP contribution in [0.5, 0.6) is 0 Å². The Morgan fingerprint density at radius 1 is 1.07 bits per heavy atom. The van der Waals surface area contributed by atoms with E-state index >= 15 is 0 Å². The number of aryl methyl sites for hydroxylation is 1. The van der Waals surface area contributed by atoms with Crippen molar-refractivity contribution >= 4 is 40.6 Å². The van der Waals surface area contributed by atoms with Gasteiger partial charge in [-0.15, -0.1) is 0 Å². The van der Waals surface area contributed by atoms with Crippen LogP contribution < -0.4 is 15.5 Å². The highest BCUT2D eigenvalue weighted by Crippen LogP contribution is 2.39. The molecule has 5 rings (SSSR count). The molecule has 0 bridgehead atoms. The van der Waals surface area contributed by atoms with E-state index < -0.39 is 0 Å². The monoisotopic (exact) mass is 568 g/mol. The van der Waals surface area contributed by atoms with Gasteiger partial charge in [0.15, 0.2) is 0 Å². The summed E-state index contributed by atoms with van der Waals surface area (Å²) in [6, 6.07) is 5.64. The number of nitrogens with one attached hydrogen (secondary N) is 2. The van der Waals surface area contributed by atoms with Crippen LogP contribution in [0.1, 0.15) is 71.3 Å². The normalized spacial score (nSPS) is 22.2. The Morgan fingerprint density at radius 2 is 1.80 bits per heavy atom. The minimum Gasteiger partial charge on any atom is -0.356 e. The van der Waals surface area contributed by atoms with Crippen molar-refractivity contribution in [3.63, 3.8) is 0 Å². The second-order valence-electron chi connectivity index (χ2n) is 13.2. The molecular weight excluding hydrogens is 524 g/mol. The number of piperidine rings is 1. The number of fused-ring (bicyclic) bond motifs is 2. The molecule has 8 nitrogen and oxygen atoms in total. The van der Waals surface area contributed by atoms with Crippen LogP contribution in [0, 0.1) is 23.2 Å². The molecule has 0 unspecified atom stereocenters. The second kappa shape index (κ2) is 12.1. The van der Waals surface area contributed by atoms with E-state index in [0.29, 0.717) is 22.9 Å². The Morgan fingerprint density at radius 3 is 2.50 bits per heavy atom. The third kappa shape index (κ3) is 6.82. The van der Waals surface area contributed by atoms with Gasteiger partial charge in [-0.25, -0.2) is 0 Å². The van der Waals surface area contributed by atoms with Crippen molar-refractivity contribution in [1.82, 2.24) is 20.0 Å². The third-order valence-corrected chi connectivity index (χ3v) is 9.24. The molecule has 2 fully saturated rings. The van der Waals surface area contributed by atoms with E-state index in [-0.39, 0.29) is 23.7 Å². The Balaban J connectivity index is 1.11. The third-order valence-electron chi connectivity index (χ3n) is 9.01. The lowest BCUT2D eigenvalue weighted by molar-refractivity contribution is -0.127. The van der Waals surface area contributed by atoms with E-state index in [1.165, 1.54) is 6.42 Å². The average molecular weight is 569 g/mol. The minimum absolute atomic E-state index is 0.0221. The number of likely N-dealkylation sites (tertiary alicyclic amines) is 1. The first kappa shape index (κ1) is 28.9. The molecule has 0 spiro atoms. The number of hydrogen-bond acceptors (Lipinski definition) is 5. The summed E-state index contributed by atoms with van der Waals surface area (Å²) in [5, 5.41) is 11.7. The molecule has 2 aliphatic heterocycles. The highest BCUT2D eigenvalue weighted by atomic mass is 35.5. The number of carbonyl (C=O) groups excluding carboxylic acids is 2. The van der Waals surface area contributed by atoms with Gasteiger partial charge in [-0.05, 0) is 94.1 Å². The molecule has 1 saturated carbocycles. The summed E-state index contributed by atoms with van der Waals surface area (Å²) < 4.78 is 1.80. The van der Waals surface area contributed by atoms with Gasteiger partial charge in [0.2, 0.25) is 11.8 Å². The molecule has 218 valence electrons. The largest absolute Gasteiger partial charge is 0.356 e. The predicted octanol–water partition coefficient (Wildman–Crippen LogP) is 5.73. The zero-order valence-electron chi connectivity index (χ0n) is 24.5. The van der Waals surface area contributed by atoms with Gasteiger partial charge in [0, 0.05) is 36.0 Å². The molecule has 1 saturated heterocycles. The Labute approximate surface area is 243 Å². The quantitative estimate of drug-likeness (QED) is 0.465. The molecule has 40 heavy (non-hydrogen) atoms. The van der Waals surface area contributed by atoms with Crippen molar-refractivity contribution in [1.29, 1.82) is 0 Å². The summed E-state index contributed by atoms with van der Waals surface area (Å²) in [7, 11) is 1.89. The van der Waals surface area contributed by atoms with Gasteiger partial charge in [0.05, 0.1) is 24.1 Å². The zero-order chi connectivity index (χ0) is 28.4. The van der Waals surface area contributed by atoms with Crippen molar-refractivity contribution in [3.05, 3.63) is 35.0 Å². The molecule has 2 N–H and O–H groups in total. The maximum absolute atomic E-state index is 13.8. The van der Waals surface area contributed by atoms with E-state index in [4.69, 9.17) is 11.6 Å². The van der Waals surface area contributed by atoms with Gasteiger partial charge in [0.25, 0.3) is 0 Å². The number of benzene rings is 1. The standard InChI is InChI=1S/C31H45ClN6O2/c1-31(2,3)13-16-37-14-11-22(12-15-37)29(39)33-18-21-5-7-23(8-6-21)30(40)38-20-24-19-34-36(4)28(24)35-26-17-25(32)9-10-27(26)38/h9-10,17,19,21-23,35H,5-8,11-16,18,20H2,1-4H3,(H,33,39). The van der Waals surface area contributed by atoms with Gasteiger partial charge < -0.3 is 20.4 Å². The second-order valence-corrected chi connectivity index (χ2v) is 13.7. The van der Waals surface area contributed by atoms with E-state index in [0.717, 1.165) is 87.5 Å². The maximum atomic E-state index is 13.8. The summed E-state index contributed by atoms with van der Waals surface area (Å²) in [6.07, 6.45) is 8.52. The predicted molar refractivity (Wildman–Crippen MR) is 161 cm³/mol. The number of rotatable bonds is 6. The highest BCUT2D eigenvalue weighted by Gasteiger charge is 2.34. The minimum atomic E-state index is -0.0221. The average Bonchev–Trinajstić information content (AvgIpc) is 3.18. The number of carbonyl (C=O) groups is 2. The molecule has 0 radical (unpaired) electrons. The first-order valence-corrected chi connectivity index (χ1v) is 15.3. The smallest absolute Gasteiger partial charge is 0.230 e. The van der Waals surface area contributed by atoms with Crippen LogP contribution in [0.4, 0.5) is 17.2 Å². The van der Waals surface area contributed by atoms with E-state index in [9.17, 15) is 9.59 Å². The fourth-order valence-corrected chi connectivity index (χ4v) is 6.49. The van der Waals surface area contributed by atoms with Crippen LogP contribution in [0.3, 0.4) is 0 Å². The van der Waals surface area contributed by atoms with Crippen LogP contribution >= 0.6 is 11.6 Å². The first-order valence-electron chi connectivity index (χ1n) is 15.0. The Kier molecular flexibility index (Phi) is 8.76. The fourth-order valence-electron chi connectivity index (χ4n) is 6.32. The lowest BCUT2D eigenvalue weighted by Crippen LogP contribution is -2.43. The van der Waals surface area contributed by atoms with E-state index in [1.807, 2.05) is 36.3 Å². The highest BCUT2D eigenvalue weighted by molar-refractivity contribution is 6.31. The van der Waals surface area contributed by atoms with Crippen LogP contribution in [0.25, 0.3) is 0 Å². The molecule has 0 atom stereocenters. The lowest BCUT2D eigenvalue weighted by Gasteiger charge is -2.34. The van der Waals surface area contributed by atoms with Crippen LogP contribution in [0.15, 0.2) is 24.4 Å². The van der Waals surface area contributed by atoms with Crippen LogP contribution in [-0.2, 0) is 23.2 Å². The number of hydrogen-bond donors (Lipinski definition) is 2. The summed E-state index contributed by atoms with van der Waals surface area (Å²) in [4.78, 5) is 31.2. The molecule has 1 aliphatic carbocycles. The molecule has 1 aromatic carbocycles. The van der Waals surface area contributed by atoms with Gasteiger partial charge in [-0.2, -0.15) is 5.10 Å². The van der Waals surface area contributed by atoms with Crippen molar-refractivity contribution < 1.29 is 9.59 Å². The SMILES string of the molecule is Cn1ncc2c1Nc1cc(Cl)ccc1N(C(=O)C1CCC(CNC(=O)C3CCN(CCC(C)(C)C)CC3)CC1)C2. The molecule has 9 heteroatoms. The van der Waals surface area contributed by atoms with Crippen molar-refractivity contribution in [2.75, 3.05) is 36.4 Å². The topological polar surface area (TPSA) is 82.5 Å². The van der Waals surface area contributed by atoms with E-state index in [1.54, 1.807) is 4.68 Å². The molecule has 3 heterocycles. The van der Waals surface area contributed by atoms with Crippen molar-refractivity contribution in [2.45, 2.75) is 72.3 Å². The summed E-state index contributed by atoms with van der Waals surface area (Å²) in [5.74, 6) is 1.80. The zero-order valence-corrected chi connectivity index (χ0v) is 25.3. The number of halogens is 1. The van der Waals surface area contributed by atoms with Gasteiger partial charge in [-0.3, -0.25) is 14.3 Å². The maximum Gasteiger partial charge on any atom is 0.230 e. The molecular formula is C31H45ClN6O2. The summed E-state index contributed by atoms with van der Waals surface area (Å²) in [5.41, 5.74) is 3.01. The number of amides is 2. The molecule has 2 aromatic rings. The fraction of sp³-hybridized carbons (Fsp3) is 0.645. The van der Waals surface area contributed by atoms with Crippen LogP contribution in [-0.4, -0.2) is 52.7 Å². The van der Waals surface area contributed by atoms with Crippen molar-refractivity contribution in [2.24, 2.45) is 30.2 Å². The lowest BCUT2D eigenvalue weighted by atomic mass is 9.81. The number of aromatic nitrogens is 2. The summed E-state index contributed by atoms with van der Waals surface area (Å²) in [6.45, 7) is 11.2. The number of anilines is 3.